The summed E-state index contributed by atoms with van der Waals surface area (Å²) >= 11 is 3.05. The van der Waals surface area contributed by atoms with E-state index < -0.39 is 27.0 Å². The lowest BCUT2D eigenvalue weighted by atomic mass is 10.4. The van der Waals surface area contributed by atoms with E-state index >= 15 is 0 Å². The molecule has 0 aliphatic carbocycles. The van der Waals surface area contributed by atoms with Crippen molar-refractivity contribution >= 4 is 37.8 Å². The molecule has 118 valence electrons. The number of halogens is 1. The third kappa shape index (κ3) is 3.04. The molecule has 0 fully saturated rings. The number of aromatic nitrogens is 1. The van der Waals surface area contributed by atoms with Crippen molar-refractivity contribution in [3.63, 3.8) is 0 Å². The highest BCUT2D eigenvalue weighted by Crippen LogP contribution is 2.21. The quantitative estimate of drug-likeness (QED) is 0.769. The number of esters is 1. The summed E-state index contributed by atoms with van der Waals surface area (Å²) in [4.78, 5) is 23.1. The van der Waals surface area contributed by atoms with Crippen molar-refractivity contribution < 1.29 is 31.7 Å². The molecule has 0 bridgehead atoms. The maximum absolute atomic E-state index is 12.0. The first kappa shape index (κ1) is 16.2. The smallest absolute Gasteiger partial charge is 0.374 e. The van der Waals surface area contributed by atoms with E-state index in [0.717, 1.165) is 19.2 Å². The van der Waals surface area contributed by atoms with E-state index in [1.165, 1.54) is 0 Å². The molecule has 0 spiro atoms. The van der Waals surface area contributed by atoms with E-state index in [-0.39, 0.29) is 16.0 Å². The van der Waals surface area contributed by atoms with Gasteiger partial charge in [0, 0.05) is 0 Å². The Morgan fingerprint density at radius 2 is 2.05 bits per heavy atom. The third-order valence-corrected chi connectivity index (χ3v) is 4.59. The summed E-state index contributed by atoms with van der Waals surface area (Å²) in [5, 5.41) is 2.90. The highest BCUT2D eigenvalue weighted by molar-refractivity contribution is 9.10. The Kier molecular flexibility index (Phi) is 4.37. The van der Waals surface area contributed by atoms with E-state index in [0.29, 0.717) is 5.69 Å². The number of nitrogens with one attached hydrogen (secondary N) is 1. The minimum atomic E-state index is -4.32. The normalized spacial score (nSPS) is 11.2. The van der Waals surface area contributed by atoms with Crippen molar-refractivity contribution in [1.29, 1.82) is 0 Å². The van der Waals surface area contributed by atoms with Gasteiger partial charge in [-0.25, -0.2) is 9.52 Å². The van der Waals surface area contributed by atoms with Crippen molar-refractivity contribution in [3.8, 4) is 0 Å². The number of rotatable bonds is 4. The summed E-state index contributed by atoms with van der Waals surface area (Å²) in [6.07, 6.45) is 0. The second-order valence-corrected chi connectivity index (χ2v) is 6.36. The van der Waals surface area contributed by atoms with E-state index in [1.807, 2.05) is 0 Å². The van der Waals surface area contributed by atoms with Crippen molar-refractivity contribution in [2.24, 2.45) is 0 Å². The zero-order valence-electron chi connectivity index (χ0n) is 11.2. The van der Waals surface area contributed by atoms with Gasteiger partial charge in [0.15, 0.2) is 0 Å². The van der Waals surface area contributed by atoms with Crippen LogP contribution < -0.4 is 4.72 Å². The highest BCUT2D eigenvalue weighted by atomic mass is 79.9. The molecule has 22 heavy (non-hydrogen) atoms. The number of sulfonamides is 1. The molecule has 0 radical (unpaired) electrons. The van der Waals surface area contributed by atoms with E-state index in [9.17, 15) is 18.0 Å². The molecule has 0 aliphatic rings. The Balaban J connectivity index is 2.24. The van der Waals surface area contributed by atoms with Crippen LogP contribution in [0.3, 0.4) is 0 Å². The molecular formula is C11H9BrN2O7S. The van der Waals surface area contributed by atoms with Crippen LogP contribution in [0.15, 0.2) is 30.6 Å². The number of aryl methyl sites for hydroxylation is 1. The number of nitrogens with zero attached hydrogens (tertiary/aromatic N) is 1. The van der Waals surface area contributed by atoms with Gasteiger partial charge in [0.1, 0.15) is 0 Å². The number of hydrogen-bond acceptors (Lipinski definition) is 8. The molecule has 0 saturated heterocycles. The first-order valence-corrected chi connectivity index (χ1v) is 7.91. The number of ether oxygens (including phenoxy) is 1. The Bertz CT molecular complexity index is 836. The van der Waals surface area contributed by atoms with Crippen LogP contribution in [0.2, 0.25) is 0 Å². The fourth-order valence-corrected chi connectivity index (χ4v) is 2.60. The fourth-order valence-electron chi connectivity index (χ4n) is 1.39. The van der Waals surface area contributed by atoms with E-state index in [2.05, 4.69) is 25.8 Å². The van der Waals surface area contributed by atoms with Crippen LogP contribution in [0, 0.1) is 6.92 Å². The molecule has 9 nitrogen and oxygen atoms in total. The standard InChI is InChI=1S/C11H9BrN2O7S/c1-5-8(12)9(21-13-5)10(15)14-22(17,18)7-4-3-6(20-7)11(16)19-2/h3-4H,1-2H3,(H,14,15). The minimum absolute atomic E-state index is 0.231. The van der Waals surface area contributed by atoms with Gasteiger partial charge in [-0.2, -0.15) is 8.42 Å². The maximum atomic E-state index is 12.0. The highest BCUT2D eigenvalue weighted by Gasteiger charge is 2.27. The van der Waals surface area contributed by atoms with Gasteiger partial charge in [0.25, 0.3) is 10.0 Å². The Labute approximate surface area is 132 Å². The lowest BCUT2D eigenvalue weighted by molar-refractivity contribution is 0.0559. The van der Waals surface area contributed by atoms with Crippen molar-refractivity contribution in [2.75, 3.05) is 7.11 Å². The third-order valence-electron chi connectivity index (χ3n) is 2.46. The number of methoxy groups -OCH3 is 1. The first-order valence-electron chi connectivity index (χ1n) is 5.63. The van der Waals surface area contributed by atoms with Gasteiger partial charge in [-0.1, -0.05) is 5.16 Å². The Morgan fingerprint density at radius 1 is 1.36 bits per heavy atom. The SMILES string of the molecule is COC(=O)c1ccc(S(=O)(=O)NC(=O)c2onc(C)c2Br)o1. The largest absolute Gasteiger partial charge is 0.463 e. The van der Waals surface area contributed by atoms with E-state index in [4.69, 9.17) is 8.94 Å². The zero-order chi connectivity index (χ0) is 16.5. The van der Waals surface area contributed by atoms with Gasteiger partial charge in [0.2, 0.25) is 16.6 Å². The van der Waals surface area contributed by atoms with Crippen LogP contribution in [-0.4, -0.2) is 32.6 Å². The van der Waals surface area contributed by atoms with Crippen LogP contribution in [0.5, 0.6) is 0 Å². The number of hydrogen-bond donors (Lipinski definition) is 1. The summed E-state index contributed by atoms with van der Waals surface area (Å²) in [5.41, 5.74) is 0.383. The molecule has 0 aromatic carbocycles. The molecule has 1 amide bonds. The lowest BCUT2D eigenvalue weighted by Crippen LogP contribution is -2.30. The number of amides is 1. The van der Waals surface area contributed by atoms with Gasteiger partial charge in [-0.15, -0.1) is 0 Å². The predicted octanol–water partition coefficient (Wildman–Crippen LogP) is 1.24. The van der Waals surface area contributed by atoms with Gasteiger partial charge in [-0.3, -0.25) is 4.79 Å². The van der Waals surface area contributed by atoms with Crippen molar-refractivity contribution in [1.82, 2.24) is 9.88 Å². The molecule has 2 aromatic heterocycles. The predicted molar refractivity (Wildman–Crippen MR) is 73.6 cm³/mol. The summed E-state index contributed by atoms with van der Waals surface area (Å²) < 4.78 is 39.9. The number of furan rings is 1. The van der Waals surface area contributed by atoms with Gasteiger partial charge in [0.05, 0.1) is 17.3 Å². The minimum Gasteiger partial charge on any atom is -0.463 e. The molecule has 0 atom stereocenters. The molecule has 0 aliphatic heterocycles. The molecule has 2 rings (SSSR count). The molecule has 0 unspecified atom stereocenters. The van der Waals surface area contributed by atoms with Crippen LogP contribution >= 0.6 is 15.9 Å². The monoisotopic (exact) mass is 392 g/mol. The average molecular weight is 393 g/mol. The summed E-state index contributed by atoms with van der Waals surface area (Å²) in [5.74, 6) is -2.50. The molecule has 0 saturated carbocycles. The van der Waals surface area contributed by atoms with E-state index in [1.54, 1.807) is 11.6 Å². The zero-order valence-corrected chi connectivity index (χ0v) is 13.6. The summed E-state index contributed by atoms with van der Waals surface area (Å²) in [7, 11) is -3.20. The van der Waals surface area contributed by atoms with Crippen molar-refractivity contribution in [2.45, 2.75) is 12.0 Å². The number of carbonyl (C=O) groups is 2. The topological polar surface area (TPSA) is 129 Å². The molecular weight excluding hydrogens is 384 g/mol. The molecule has 2 heterocycles. The van der Waals surface area contributed by atoms with Gasteiger partial charge < -0.3 is 13.7 Å². The van der Waals surface area contributed by atoms with Crippen LogP contribution in [-0.2, 0) is 14.8 Å². The van der Waals surface area contributed by atoms with Crippen molar-refractivity contribution in [3.05, 3.63) is 33.8 Å². The number of carbonyl (C=O) groups excluding carboxylic acids is 2. The molecule has 11 heteroatoms. The lowest BCUT2D eigenvalue weighted by Gasteiger charge is -2.02. The Morgan fingerprint density at radius 3 is 2.59 bits per heavy atom. The van der Waals surface area contributed by atoms with Crippen LogP contribution in [0.1, 0.15) is 26.8 Å². The Hall–Kier alpha value is -2.14. The van der Waals surface area contributed by atoms with Gasteiger partial charge >= 0.3 is 11.9 Å². The average Bonchev–Trinajstić information content (AvgIpc) is 3.06. The summed E-state index contributed by atoms with van der Waals surface area (Å²) in [6.45, 7) is 1.56. The second kappa shape index (κ2) is 5.93. The molecule has 2 aromatic rings. The fraction of sp³-hybridized carbons (Fsp3) is 0.182. The second-order valence-electron chi connectivity index (χ2n) is 3.96. The maximum Gasteiger partial charge on any atom is 0.374 e. The molecule has 1 N–H and O–H groups in total. The van der Waals surface area contributed by atoms with Crippen LogP contribution in [0.4, 0.5) is 0 Å². The first-order chi connectivity index (χ1) is 10.3. The summed E-state index contributed by atoms with van der Waals surface area (Å²) in [6, 6.07) is 2.13. The van der Waals surface area contributed by atoms with Gasteiger partial charge in [-0.05, 0) is 35.0 Å². The van der Waals surface area contributed by atoms with Crippen LogP contribution in [0.25, 0.3) is 0 Å².